The Bertz CT molecular complexity index is 442. The fourth-order valence-electron chi connectivity index (χ4n) is 2.67. The molecule has 2 unspecified atom stereocenters. The minimum absolute atomic E-state index is 0.262. The summed E-state index contributed by atoms with van der Waals surface area (Å²) < 4.78 is 10.7. The molecular formula is C15H26N4O2. The quantitative estimate of drug-likeness (QED) is 0.767. The van der Waals surface area contributed by atoms with Gasteiger partial charge in [0.05, 0.1) is 12.1 Å². The Kier molecular flexibility index (Phi) is 6.20. The fraction of sp³-hybridized carbons (Fsp3) is 0.733. The van der Waals surface area contributed by atoms with Gasteiger partial charge in [0, 0.05) is 26.8 Å². The van der Waals surface area contributed by atoms with E-state index in [1.807, 2.05) is 6.07 Å². The summed E-state index contributed by atoms with van der Waals surface area (Å²) in [4.78, 5) is 8.98. The standard InChI is InChI=1S/C15H26N4O2/c1-4-8-16-13-9-14(19-15(18-13)10-20-2)17-11-6-5-7-12(11)21-3/h9,11-12H,4-8,10H2,1-3H3,(H2,16,17,18,19). The summed E-state index contributed by atoms with van der Waals surface area (Å²) in [5.41, 5.74) is 0. The second-order valence-corrected chi connectivity index (χ2v) is 5.37. The van der Waals surface area contributed by atoms with E-state index in [0.717, 1.165) is 37.4 Å². The lowest BCUT2D eigenvalue weighted by Gasteiger charge is -2.21. The van der Waals surface area contributed by atoms with Crippen LogP contribution >= 0.6 is 0 Å². The summed E-state index contributed by atoms with van der Waals surface area (Å²) in [6.45, 7) is 3.44. The van der Waals surface area contributed by atoms with Crippen LogP contribution in [-0.2, 0) is 16.1 Å². The third-order valence-electron chi connectivity index (χ3n) is 3.69. The van der Waals surface area contributed by atoms with Crippen molar-refractivity contribution in [2.45, 2.75) is 51.4 Å². The van der Waals surface area contributed by atoms with Gasteiger partial charge < -0.3 is 20.1 Å². The molecule has 118 valence electrons. The Morgan fingerprint density at radius 2 is 2.05 bits per heavy atom. The van der Waals surface area contributed by atoms with Crippen LogP contribution in [0.5, 0.6) is 0 Å². The third kappa shape index (κ3) is 4.54. The van der Waals surface area contributed by atoms with Crippen LogP contribution in [-0.4, -0.2) is 42.9 Å². The van der Waals surface area contributed by atoms with Crippen LogP contribution in [0.2, 0.25) is 0 Å². The van der Waals surface area contributed by atoms with Gasteiger partial charge in [-0.25, -0.2) is 9.97 Å². The normalized spacial score (nSPS) is 21.5. The van der Waals surface area contributed by atoms with Crippen LogP contribution in [0.4, 0.5) is 11.6 Å². The molecule has 1 aliphatic carbocycles. The van der Waals surface area contributed by atoms with Crippen molar-refractivity contribution in [2.75, 3.05) is 31.4 Å². The number of methoxy groups -OCH3 is 2. The molecule has 1 aromatic rings. The average molecular weight is 294 g/mol. The van der Waals surface area contributed by atoms with E-state index in [1.54, 1.807) is 14.2 Å². The molecule has 21 heavy (non-hydrogen) atoms. The van der Waals surface area contributed by atoms with Gasteiger partial charge in [0.15, 0.2) is 5.82 Å². The Morgan fingerprint density at radius 1 is 1.24 bits per heavy atom. The number of ether oxygens (including phenoxy) is 2. The topological polar surface area (TPSA) is 68.3 Å². The lowest BCUT2D eigenvalue weighted by Crippen LogP contribution is -2.30. The monoisotopic (exact) mass is 294 g/mol. The van der Waals surface area contributed by atoms with Crippen molar-refractivity contribution >= 4 is 11.6 Å². The zero-order valence-electron chi connectivity index (χ0n) is 13.2. The molecule has 1 aliphatic rings. The molecule has 1 saturated carbocycles. The molecule has 2 rings (SSSR count). The maximum Gasteiger partial charge on any atom is 0.158 e. The fourth-order valence-corrected chi connectivity index (χ4v) is 2.67. The van der Waals surface area contributed by atoms with E-state index in [9.17, 15) is 0 Å². The van der Waals surface area contributed by atoms with Crippen LogP contribution in [0.1, 0.15) is 38.4 Å². The van der Waals surface area contributed by atoms with Crippen molar-refractivity contribution in [1.82, 2.24) is 9.97 Å². The summed E-state index contributed by atoms with van der Waals surface area (Å²) in [6, 6.07) is 2.28. The van der Waals surface area contributed by atoms with Gasteiger partial charge in [-0.05, 0) is 25.7 Å². The molecule has 1 heterocycles. The molecule has 0 aromatic carbocycles. The van der Waals surface area contributed by atoms with Gasteiger partial charge in [-0.2, -0.15) is 0 Å². The summed E-state index contributed by atoms with van der Waals surface area (Å²) in [5, 5.41) is 6.79. The Labute approximate surface area is 126 Å². The van der Waals surface area contributed by atoms with Crippen molar-refractivity contribution < 1.29 is 9.47 Å². The van der Waals surface area contributed by atoms with Crippen LogP contribution < -0.4 is 10.6 Å². The molecule has 6 heteroatoms. The highest BCUT2D eigenvalue weighted by Gasteiger charge is 2.27. The number of anilines is 2. The van der Waals surface area contributed by atoms with Crippen LogP contribution in [0.15, 0.2) is 6.07 Å². The van der Waals surface area contributed by atoms with Gasteiger partial charge in [0.1, 0.15) is 18.2 Å². The molecule has 0 amide bonds. The van der Waals surface area contributed by atoms with Crippen molar-refractivity contribution in [1.29, 1.82) is 0 Å². The first-order chi connectivity index (χ1) is 10.3. The summed E-state index contributed by atoms with van der Waals surface area (Å²) >= 11 is 0. The van der Waals surface area contributed by atoms with Gasteiger partial charge in [0.25, 0.3) is 0 Å². The van der Waals surface area contributed by atoms with Crippen molar-refractivity contribution in [2.24, 2.45) is 0 Å². The highest BCUT2D eigenvalue weighted by molar-refractivity contribution is 5.48. The van der Waals surface area contributed by atoms with Gasteiger partial charge >= 0.3 is 0 Å². The highest BCUT2D eigenvalue weighted by atomic mass is 16.5. The van der Waals surface area contributed by atoms with Gasteiger partial charge in [-0.15, -0.1) is 0 Å². The number of nitrogens with one attached hydrogen (secondary N) is 2. The predicted octanol–water partition coefficient (Wildman–Crippen LogP) is 2.42. The first-order valence-electron chi connectivity index (χ1n) is 7.67. The third-order valence-corrected chi connectivity index (χ3v) is 3.69. The van der Waals surface area contributed by atoms with Crippen molar-refractivity contribution in [3.63, 3.8) is 0 Å². The molecule has 0 spiro atoms. The average Bonchev–Trinajstić information content (AvgIpc) is 2.92. The van der Waals surface area contributed by atoms with E-state index in [4.69, 9.17) is 9.47 Å². The lowest BCUT2D eigenvalue weighted by atomic mass is 10.2. The molecule has 2 N–H and O–H groups in total. The summed E-state index contributed by atoms with van der Waals surface area (Å²) in [5.74, 6) is 2.37. The second kappa shape index (κ2) is 8.14. The number of nitrogens with zero attached hydrogens (tertiary/aromatic N) is 2. The van der Waals surface area contributed by atoms with E-state index in [-0.39, 0.29) is 6.10 Å². The molecule has 2 atom stereocenters. The van der Waals surface area contributed by atoms with Crippen molar-refractivity contribution in [3.05, 3.63) is 11.9 Å². The van der Waals surface area contributed by atoms with Gasteiger partial charge in [-0.1, -0.05) is 6.92 Å². The Balaban J connectivity index is 2.10. The van der Waals surface area contributed by atoms with Crippen LogP contribution in [0.3, 0.4) is 0 Å². The smallest absolute Gasteiger partial charge is 0.158 e. The number of rotatable bonds is 8. The second-order valence-electron chi connectivity index (χ2n) is 5.37. The first-order valence-corrected chi connectivity index (χ1v) is 7.67. The van der Waals surface area contributed by atoms with Crippen LogP contribution in [0, 0.1) is 0 Å². The van der Waals surface area contributed by atoms with Gasteiger partial charge in [-0.3, -0.25) is 0 Å². The summed E-state index contributed by atoms with van der Waals surface area (Å²) in [7, 11) is 3.43. The molecule has 0 bridgehead atoms. The maximum atomic E-state index is 5.52. The van der Waals surface area contributed by atoms with E-state index < -0.39 is 0 Å². The van der Waals surface area contributed by atoms with Gasteiger partial charge in [0.2, 0.25) is 0 Å². The number of aromatic nitrogens is 2. The molecule has 1 fully saturated rings. The van der Waals surface area contributed by atoms with E-state index in [1.165, 1.54) is 6.42 Å². The molecule has 0 saturated heterocycles. The molecule has 0 radical (unpaired) electrons. The van der Waals surface area contributed by atoms with Crippen molar-refractivity contribution in [3.8, 4) is 0 Å². The van der Waals surface area contributed by atoms with E-state index in [0.29, 0.717) is 18.5 Å². The molecule has 1 aromatic heterocycles. The molecule has 6 nitrogen and oxygen atoms in total. The Hall–Kier alpha value is -1.40. The minimum atomic E-state index is 0.262. The SMILES string of the molecule is CCCNc1cc(NC2CCCC2OC)nc(COC)n1. The Morgan fingerprint density at radius 3 is 2.76 bits per heavy atom. The van der Waals surface area contributed by atoms with E-state index >= 15 is 0 Å². The predicted molar refractivity (Wildman–Crippen MR) is 83.6 cm³/mol. The molecular weight excluding hydrogens is 268 g/mol. The minimum Gasteiger partial charge on any atom is -0.379 e. The summed E-state index contributed by atoms with van der Waals surface area (Å²) in [6.07, 6.45) is 4.72. The first kappa shape index (κ1) is 16.0. The number of hydrogen-bond acceptors (Lipinski definition) is 6. The zero-order chi connectivity index (χ0) is 15.1. The number of hydrogen-bond donors (Lipinski definition) is 2. The lowest BCUT2D eigenvalue weighted by molar-refractivity contribution is 0.101. The zero-order valence-corrected chi connectivity index (χ0v) is 13.2. The largest absolute Gasteiger partial charge is 0.379 e. The van der Waals surface area contributed by atoms with E-state index in [2.05, 4.69) is 27.5 Å². The highest BCUT2D eigenvalue weighted by Crippen LogP contribution is 2.25. The molecule has 0 aliphatic heterocycles. The van der Waals surface area contributed by atoms with Crippen LogP contribution in [0.25, 0.3) is 0 Å². The maximum absolute atomic E-state index is 5.52.